The molecule has 0 aliphatic carbocycles. The lowest BCUT2D eigenvalue weighted by Crippen LogP contribution is -2.47. The van der Waals surface area contributed by atoms with Crippen LogP contribution >= 0.6 is 0 Å². The van der Waals surface area contributed by atoms with Crippen molar-refractivity contribution in [3.05, 3.63) is 29.8 Å². The fraction of sp³-hybridized carbons (Fsp3) is 0.588. The topological polar surface area (TPSA) is 75.7 Å². The van der Waals surface area contributed by atoms with Crippen LogP contribution in [0.5, 0.6) is 0 Å². The summed E-state index contributed by atoms with van der Waals surface area (Å²) in [4.78, 5) is 14.6. The molecule has 1 heterocycles. The van der Waals surface area contributed by atoms with Gasteiger partial charge in [0.1, 0.15) is 0 Å². The van der Waals surface area contributed by atoms with Crippen LogP contribution in [0.15, 0.2) is 29.2 Å². The zero-order valence-corrected chi connectivity index (χ0v) is 15.5. The van der Waals surface area contributed by atoms with Gasteiger partial charge in [0.05, 0.1) is 17.6 Å². The van der Waals surface area contributed by atoms with Gasteiger partial charge in [0.25, 0.3) is 5.91 Å². The lowest BCUT2D eigenvalue weighted by molar-refractivity contribution is -0.0420. The Labute approximate surface area is 144 Å². The highest BCUT2D eigenvalue weighted by molar-refractivity contribution is 7.89. The zero-order chi connectivity index (χ0) is 17.9. The summed E-state index contributed by atoms with van der Waals surface area (Å²) < 4.78 is 32.8. The largest absolute Gasteiger partial charge is 0.374 e. The second-order valence-corrected chi connectivity index (χ2v) is 8.42. The monoisotopic (exact) mass is 354 g/mol. The Morgan fingerprint density at radius 2 is 2.00 bits per heavy atom. The Morgan fingerprint density at radius 3 is 2.62 bits per heavy atom. The molecular weight excluding hydrogens is 328 g/mol. The first kappa shape index (κ1) is 18.9. The van der Waals surface area contributed by atoms with Gasteiger partial charge in [-0.2, -0.15) is 0 Å². The summed E-state index contributed by atoms with van der Waals surface area (Å²) in [6, 6.07) is 5.98. The van der Waals surface area contributed by atoms with Crippen LogP contribution in [-0.4, -0.2) is 51.1 Å². The van der Waals surface area contributed by atoms with E-state index < -0.39 is 10.0 Å². The van der Waals surface area contributed by atoms with Gasteiger partial charge < -0.3 is 9.64 Å². The van der Waals surface area contributed by atoms with Crippen molar-refractivity contribution in [3.8, 4) is 0 Å². The van der Waals surface area contributed by atoms with Crippen molar-refractivity contribution in [1.29, 1.82) is 0 Å². The van der Waals surface area contributed by atoms with E-state index in [1.54, 1.807) is 30.9 Å². The average molecular weight is 354 g/mol. The Kier molecular flexibility index (Phi) is 6.01. The summed E-state index contributed by atoms with van der Waals surface area (Å²) >= 11 is 0. The van der Waals surface area contributed by atoms with E-state index in [1.165, 1.54) is 12.1 Å². The molecule has 1 saturated heterocycles. The first-order chi connectivity index (χ1) is 11.2. The first-order valence-electron chi connectivity index (χ1n) is 8.24. The van der Waals surface area contributed by atoms with Gasteiger partial charge in [0.2, 0.25) is 10.0 Å². The number of hydrogen-bond acceptors (Lipinski definition) is 4. The number of amides is 1. The third-order valence-electron chi connectivity index (χ3n) is 3.91. The van der Waals surface area contributed by atoms with Crippen LogP contribution in [0.4, 0.5) is 0 Å². The van der Waals surface area contributed by atoms with Crippen molar-refractivity contribution in [2.24, 2.45) is 5.92 Å². The summed E-state index contributed by atoms with van der Waals surface area (Å²) in [6.07, 6.45) is 0.0113. The maximum absolute atomic E-state index is 12.7. The third kappa shape index (κ3) is 4.55. The minimum atomic E-state index is -3.62. The molecule has 7 heteroatoms. The van der Waals surface area contributed by atoms with Gasteiger partial charge in [-0.05, 0) is 38.0 Å². The van der Waals surface area contributed by atoms with Gasteiger partial charge in [0, 0.05) is 24.7 Å². The van der Waals surface area contributed by atoms with Crippen LogP contribution in [0.3, 0.4) is 0 Å². The number of nitrogens with one attached hydrogen (secondary N) is 1. The van der Waals surface area contributed by atoms with Crippen molar-refractivity contribution in [1.82, 2.24) is 9.62 Å². The Morgan fingerprint density at radius 1 is 1.29 bits per heavy atom. The minimum Gasteiger partial charge on any atom is -0.374 e. The van der Waals surface area contributed by atoms with E-state index in [0.717, 1.165) is 0 Å². The fourth-order valence-electron chi connectivity index (χ4n) is 2.62. The molecule has 1 aromatic rings. The highest BCUT2D eigenvalue weighted by Crippen LogP contribution is 2.18. The lowest BCUT2D eigenvalue weighted by atomic mass is 10.0. The van der Waals surface area contributed by atoms with Crippen LogP contribution in [0, 0.1) is 5.92 Å². The van der Waals surface area contributed by atoms with Crippen LogP contribution in [0.25, 0.3) is 0 Å². The van der Waals surface area contributed by atoms with E-state index in [9.17, 15) is 13.2 Å². The molecule has 2 rings (SSSR count). The van der Waals surface area contributed by atoms with Crippen LogP contribution in [0.2, 0.25) is 0 Å². The Bertz CT molecular complexity index is 686. The normalized spacial score (nSPS) is 19.1. The highest BCUT2D eigenvalue weighted by atomic mass is 32.2. The molecule has 1 fully saturated rings. The number of rotatable bonds is 5. The molecule has 0 aromatic heterocycles. The third-order valence-corrected chi connectivity index (χ3v) is 5.56. The van der Waals surface area contributed by atoms with E-state index in [2.05, 4.69) is 18.6 Å². The van der Waals surface area contributed by atoms with E-state index in [0.29, 0.717) is 31.2 Å². The number of morpholine rings is 1. The predicted octanol–water partition coefficient (Wildman–Crippen LogP) is 1.87. The summed E-state index contributed by atoms with van der Waals surface area (Å²) in [7, 11) is -3.62. The molecule has 1 aromatic carbocycles. The Balaban J connectivity index is 2.20. The number of carbonyl (C=O) groups is 1. The fourth-order valence-corrected chi connectivity index (χ4v) is 3.92. The Hall–Kier alpha value is -1.44. The molecule has 0 saturated carbocycles. The predicted molar refractivity (Wildman–Crippen MR) is 92.4 cm³/mol. The van der Waals surface area contributed by atoms with Gasteiger partial charge in [-0.3, -0.25) is 4.79 Å². The molecule has 1 atom stereocenters. The van der Waals surface area contributed by atoms with Gasteiger partial charge in [0.15, 0.2) is 0 Å². The molecule has 0 spiro atoms. The van der Waals surface area contributed by atoms with Crippen LogP contribution in [-0.2, 0) is 14.8 Å². The molecule has 1 amide bonds. The summed E-state index contributed by atoms with van der Waals surface area (Å²) in [6.45, 7) is 9.17. The molecule has 1 aliphatic rings. The van der Waals surface area contributed by atoms with E-state index in [-0.39, 0.29) is 22.9 Å². The number of sulfonamides is 1. The van der Waals surface area contributed by atoms with Gasteiger partial charge in [-0.25, -0.2) is 13.1 Å². The molecule has 0 radical (unpaired) electrons. The molecule has 1 N–H and O–H groups in total. The number of ether oxygens (including phenoxy) is 1. The van der Waals surface area contributed by atoms with Crippen molar-refractivity contribution in [2.45, 2.75) is 44.7 Å². The standard InChI is InChI=1S/C17H26N2O4S/c1-12(2)16-11-19(8-9-23-16)17(20)14-6-5-7-15(10-14)24(21,22)18-13(3)4/h5-7,10,12-13,16,18H,8-9,11H2,1-4H3/t16-/m1/s1. The summed E-state index contributed by atoms with van der Waals surface area (Å²) in [5, 5.41) is 0. The van der Waals surface area contributed by atoms with Crippen molar-refractivity contribution < 1.29 is 17.9 Å². The second kappa shape index (κ2) is 7.63. The van der Waals surface area contributed by atoms with Gasteiger partial charge >= 0.3 is 0 Å². The molecular formula is C17H26N2O4S. The molecule has 1 aliphatic heterocycles. The van der Waals surface area contributed by atoms with Crippen LogP contribution < -0.4 is 4.72 Å². The smallest absolute Gasteiger partial charge is 0.254 e. The van der Waals surface area contributed by atoms with Crippen molar-refractivity contribution in [3.63, 3.8) is 0 Å². The maximum Gasteiger partial charge on any atom is 0.254 e. The second-order valence-electron chi connectivity index (χ2n) is 6.71. The highest BCUT2D eigenvalue weighted by Gasteiger charge is 2.27. The summed E-state index contributed by atoms with van der Waals surface area (Å²) in [5.74, 6) is 0.160. The molecule has 0 bridgehead atoms. The zero-order valence-electron chi connectivity index (χ0n) is 14.7. The minimum absolute atomic E-state index is 0.0113. The van der Waals surface area contributed by atoms with Crippen molar-refractivity contribution in [2.75, 3.05) is 19.7 Å². The number of nitrogens with zero attached hydrogens (tertiary/aromatic N) is 1. The number of benzene rings is 1. The van der Waals surface area contributed by atoms with Crippen LogP contribution in [0.1, 0.15) is 38.1 Å². The van der Waals surface area contributed by atoms with Gasteiger partial charge in [-0.15, -0.1) is 0 Å². The van der Waals surface area contributed by atoms with Gasteiger partial charge in [-0.1, -0.05) is 19.9 Å². The molecule has 6 nitrogen and oxygen atoms in total. The quantitative estimate of drug-likeness (QED) is 0.876. The average Bonchev–Trinajstić information content (AvgIpc) is 2.53. The molecule has 0 unspecified atom stereocenters. The first-order valence-corrected chi connectivity index (χ1v) is 9.72. The van der Waals surface area contributed by atoms with Crippen molar-refractivity contribution >= 4 is 15.9 Å². The van der Waals surface area contributed by atoms with E-state index in [4.69, 9.17) is 4.74 Å². The number of carbonyl (C=O) groups excluding carboxylic acids is 1. The number of hydrogen-bond donors (Lipinski definition) is 1. The van der Waals surface area contributed by atoms with E-state index >= 15 is 0 Å². The summed E-state index contributed by atoms with van der Waals surface area (Å²) in [5.41, 5.74) is 0.381. The van der Waals surface area contributed by atoms with E-state index in [1.807, 2.05) is 0 Å². The SMILES string of the molecule is CC(C)NS(=O)(=O)c1cccc(C(=O)N2CCO[C@@H](C(C)C)C2)c1. The molecule has 24 heavy (non-hydrogen) atoms. The maximum atomic E-state index is 12.7. The molecule has 134 valence electrons. The lowest BCUT2D eigenvalue weighted by Gasteiger charge is -2.35.